The molecule has 0 saturated heterocycles. The number of hydrogen-bond donors (Lipinski definition) is 0. The van der Waals surface area contributed by atoms with Crippen LogP contribution >= 0.6 is 0 Å². The fraction of sp³-hybridized carbons (Fsp3) is 0.615. The average molecular weight is 266 g/mol. The van der Waals surface area contributed by atoms with Crippen LogP contribution in [0.2, 0.25) is 0 Å². The molecule has 0 atom stereocenters. The van der Waals surface area contributed by atoms with E-state index in [4.69, 9.17) is 9.26 Å². The fourth-order valence-electron chi connectivity index (χ4n) is 1.97. The molecule has 0 N–H and O–H groups in total. The predicted molar refractivity (Wildman–Crippen MR) is 66.9 cm³/mol. The van der Waals surface area contributed by atoms with Gasteiger partial charge in [-0.05, 0) is 20.8 Å². The van der Waals surface area contributed by atoms with Crippen molar-refractivity contribution in [2.24, 2.45) is 0 Å². The molecule has 6 heteroatoms. The van der Waals surface area contributed by atoms with E-state index in [-0.39, 0.29) is 11.9 Å². The number of nitrogens with zero attached hydrogens (tertiary/aromatic N) is 2. The molecule has 1 aromatic rings. The van der Waals surface area contributed by atoms with E-state index in [1.807, 2.05) is 20.8 Å². The Bertz CT molecular complexity index is 513. The Hall–Kier alpha value is -1.85. The molecule has 0 aromatic carbocycles. The lowest BCUT2D eigenvalue weighted by molar-refractivity contribution is 0.0218. The van der Waals surface area contributed by atoms with Crippen LogP contribution in [0.25, 0.3) is 0 Å². The first kappa shape index (κ1) is 13.6. The lowest BCUT2D eigenvalue weighted by Gasteiger charge is -2.29. The summed E-state index contributed by atoms with van der Waals surface area (Å²) in [7, 11) is 0. The average Bonchev–Trinajstić information content (AvgIpc) is 2.68. The lowest BCUT2D eigenvalue weighted by atomic mass is 10.0. The molecule has 0 unspecified atom stereocenters. The normalized spacial score (nSPS) is 15.1. The van der Waals surface area contributed by atoms with E-state index < -0.39 is 5.60 Å². The molecular weight excluding hydrogens is 248 g/mol. The highest BCUT2D eigenvalue weighted by molar-refractivity contribution is 5.93. The van der Waals surface area contributed by atoms with Crippen LogP contribution in [0.5, 0.6) is 0 Å². The summed E-state index contributed by atoms with van der Waals surface area (Å²) < 4.78 is 10.4. The maximum absolute atomic E-state index is 12.0. The van der Waals surface area contributed by atoms with Crippen molar-refractivity contribution >= 4 is 11.9 Å². The van der Waals surface area contributed by atoms with Crippen molar-refractivity contribution in [1.82, 2.24) is 10.1 Å². The molecule has 6 nitrogen and oxygen atoms in total. The lowest BCUT2D eigenvalue weighted by Crippen LogP contribution is -2.39. The highest BCUT2D eigenvalue weighted by Gasteiger charge is 2.30. The molecule has 19 heavy (non-hydrogen) atoms. The Labute approximate surface area is 111 Å². The third kappa shape index (κ3) is 2.94. The molecule has 0 radical (unpaired) electrons. The number of aromatic nitrogens is 1. The van der Waals surface area contributed by atoms with Crippen molar-refractivity contribution in [2.75, 3.05) is 6.54 Å². The molecule has 104 valence electrons. The Morgan fingerprint density at radius 3 is 2.63 bits per heavy atom. The van der Waals surface area contributed by atoms with Crippen molar-refractivity contribution in [1.29, 1.82) is 0 Å². The molecule has 1 aromatic heterocycles. The quantitative estimate of drug-likeness (QED) is 0.728. The van der Waals surface area contributed by atoms with Gasteiger partial charge in [-0.2, -0.15) is 0 Å². The van der Waals surface area contributed by atoms with Gasteiger partial charge in [-0.15, -0.1) is 0 Å². The van der Waals surface area contributed by atoms with Crippen LogP contribution in [0.1, 0.15) is 49.5 Å². The number of Topliss-reactive ketones (excluding diaryl/α,β-unsaturated/α-hetero) is 1. The highest BCUT2D eigenvalue weighted by Crippen LogP contribution is 2.24. The van der Waals surface area contributed by atoms with Crippen molar-refractivity contribution in [3.05, 3.63) is 17.0 Å². The molecule has 0 spiro atoms. The van der Waals surface area contributed by atoms with E-state index in [1.165, 1.54) is 6.92 Å². The minimum Gasteiger partial charge on any atom is -0.444 e. The second kappa shape index (κ2) is 4.68. The van der Waals surface area contributed by atoms with Crippen LogP contribution in [-0.2, 0) is 17.7 Å². The van der Waals surface area contributed by atoms with Crippen LogP contribution in [0.4, 0.5) is 4.79 Å². The molecule has 2 rings (SSSR count). The Balaban J connectivity index is 2.15. The molecule has 0 saturated carbocycles. The SMILES string of the molecule is CC(=O)c1noc2c1CN(C(=O)OC(C)(C)C)CC2. The van der Waals surface area contributed by atoms with Gasteiger partial charge in [-0.25, -0.2) is 4.79 Å². The number of carbonyl (C=O) groups is 2. The van der Waals surface area contributed by atoms with Gasteiger partial charge in [0.1, 0.15) is 11.4 Å². The molecule has 0 fully saturated rings. The van der Waals surface area contributed by atoms with E-state index in [1.54, 1.807) is 4.90 Å². The first-order chi connectivity index (χ1) is 8.78. The number of rotatable bonds is 1. The third-order valence-electron chi connectivity index (χ3n) is 2.81. The smallest absolute Gasteiger partial charge is 0.410 e. The maximum atomic E-state index is 12.0. The van der Waals surface area contributed by atoms with Crippen LogP contribution in [0, 0.1) is 0 Å². The van der Waals surface area contributed by atoms with E-state index in [0.29, 0.717) is 36.5 Å². The Morgan fingerprint density at radius 2 is 2.05 bits per heavy atom. The Kier molecular flexibility index (Phi) is 3.34. The van der Waals surface area contributed by atoms with E-state index in [9.17, 15) is 9.59 Å². The first-order valence-electron chi connectivity index (χ1n) is 6.24. The summed E-state index contributed by atoms with van der Waals surface area (Å²) in [6.07, 6.45) is 0.170. The zero-order chi connectivity index (χ0) is 14.2. The second-order valence-corrected chi connectivity index (χ2v) is 5.64. The fourth-order valence-corrected chi connectivity index (χ4v) is 1.97. The molecule has 0 aliphatic carbocycles. The number of ether oxygens (including phenoxy) is 1. The summed E-state index contributed by atoms with van der Waals surface area (Å²) in [5, 5.41) is 3.76. The second-order valence-electron chi connectivity index (χ2n) is 5.64. The van der Waals surface area contributed by atoms with Gasteiger partial charge in [0.15, 0.2) is 11.5 Å². The van der Waals surface area contributed by atoms with Gasteiger partial charge in [0, 0.05) is 25.5 Å². The van der Waals surface area contributed by atoms with Crippen molar-refractivity contribution in [3.8, 4) is 0 Å². The van der Waals surface area contributed by atoms with Gasteiger partial charge in [-0.3, -0.25) is 4.79 Å². The molecular formula is C13H18N2O4. The summed E-state index contributed by atoms with van der Waals surface area (Å²) in [6.45, 7) is 7.71. The number of ketones is 1. The summed E-state index contributed by atoms with van der Waals surface area (Å²) in [6, 6.07) is 0. The van der Waals surface area contributed by atoms with Crippen molar-refractivity contribution < 1.29 is 18.8 Å². The van der Waals surface area contributed by atoms with Crippen molar-refractivity contribution in [2.45, 2.75) is 46.3 Å². The van der Waals surface area contributed by atoms with Crippen LogP contribution in [-0.4, -0.2) is 34.1 Å². The van der Waals surface area contributed by atoms with Gasteiger partial charge >= 0.3 is 6.09 Å². The third-order valence-corrected chi connectivity index (χ3v) is 2.81. The van der Waals surface area contributed by atoms with Gasteiger partial charge in [-0.1, -0.05) is 5.16 Å². The van der Waals surface area contributed by atoms with Gasteiger partial charge in [0.2, 0.25) is 0 Å². The molecule has 1 aliphatic rings. The van der Waals surface area contributed by atoms with E-state index >= 15 is 0 Å². The largest absolute Gasteiger partial charge is 0.444 e. The number of carbonyl (C=O) groups excluding carboxylic acids is 2. The summed E-state index contributed by atoms with van der Waals surface area (Å²) >= 11 is 0. The number of amides is 1. The Morgan fingerprint density at radius 1 is 1.37 bits per heavy atom. The van der Waals surface area contributed by atoms with Crippen LogP contribution < -0.4 is 0 Å². The minimum atomic E-state index is -0.532. The van der Waals surface area contributed by atoms with Crippen LogP contribution in [0.15, 0.2) is 4.52 Å². The highest BCUT2D eigenvalue weighted by atomic mass is 16.6. The van der Waals surface area contributed by atoms with Gasteiger partial charge in [0.05, 0.1) is 6.54 Å². The first-order valence-corrected chi connectivity index (χ1v) is 6.24. The van der Waals surface area contributed by atoms with Gasteiger partial charge in [0.25, 0.3) is 0 Å². The number of fused-ring (bicyclic) bond motifs is 1. The molecule has 0 bridgehead atoms. The molecule has 2 heterocycles. The summed E-state index contributed by atoms with van der Waals surface area (Å²) in [5.41, 5.74) is 0.475. The number of hydrogen-bond acceptors (Lipinski definition) is 5. The van der Waals surface area contributed by atoms with E-state index in [0.717, 1.165) is 0 Å². The van der Waals surface area contributed by atoms with Gasteiger partial charge < -0.3 is 14.2 Å². The summed E-state index contributed by atoms with van der Waals surface area (Å²) in [5.74, 6) is 0.529. The summed E-state index contributed by atoms with van der Waals surface area (Å²) in [4.78, 5) is 25.0. The standard InChI is InChI=1S/C13H18N2O4/c1-8(16)11-9-7-15(6-5-10(9)19-14-11)12(17)18-13(2,3)4/h5-7H2,1-4H3. The van der Waals surface area contributed by atoms with Crippen molar-refractivity contribution in [3.63, 3.8) is 0 Å². The molecule has 1 amide bonds. The van der Waals surface area contributed by atoms with E-state index in [2.05, 4.69) is 5.16 Å². The zero-order valence-corrected chi connectivity index (χ0v) is 11.6. The predicted octanol–water partition coefficient (Wildman–Crippen LogP) is 2.17. The maximum Gasteiger partial charge on any atom is 0.410 e. The van der Waals surface area contributed by atoms with Crippen LogP contribution in [0.3, 0.4) is 0 Å². The molecule has 1 aliphatic heterocycles. The minimum absolute atomic E-state index is 0.156. The monoisotopic (exact) mass is 266 g/mol. The topological polar surface area (TPSA) is 72.6 Å². The zero-order valence-electron chi connectivity index (χ0n) is 11.6.